The maximum absolute atomic E-state index is 13.0. The molecule has 5 heteroatoms. The molecule has 27 heavy (non-hydrogen) atoms. The summed E-state index contributed by atoms with van der Waals surface area (Å²) in [6, 6.07) is 8.79. The predicted molar refractivity (Wildman–Crippen MR) is 108 cm³/mol. The number of benzene rings is 1. The smallest absolute Gasteiger partial charge is 0.228 e. The number of likely N-dealkylation sites (N-methyl/N-ethyl adjacent to an activating group) is 1. The van der Waals surface area contributed by atoms with Crippen molar-refractivity contribution in [2.24, 2.45) is 11.3 Å². The van der Waals surface area contributed by atoms with Crippen LogP contribution in [0.25, 0.3) is 0 Å². The Morgan fingerprint density at radius 1 is 1.15 bits per heavy atom. The molecular formula is C22H34N4O. The Labute approximate surface area is 163 Å². The van der Waals surface area contributed by atoms with Crippen LogP contribution in [0.3, 0.4) is 0 Å². The summed E-state index contributed by atoms with van der Waals surface area (Å²) >= 11 is 0. The van der Waals surface area contributed by atoms with E-state index in [0.29, 0.717) is 12.5 Å². The van der Waals surface area contributed by atoms with Crippen LogP contribution in [-0.4, -0.2) is 62.0 Å². The molecular weight excluding hydrogens is 336 g/mol. The molecule has 3 fully saturated rings. The van der Waals surface area contributed by atoms with E-state index in [1.807, 2.05) is 0 Å². The number of nitrogens with zero attached hydrogens (tertiary/aromatic N) is 2. The lowest BCUT2D eigenvalue weighted by Gasteiger charge is -2.37. The Balaban J connectivity index is 1.29. The molecule has 0 spiro atoms. The molecule has 2 atom stereocenters. The molecule has 0 bridgehead atoms. The summed E-state index contributed by atoms with van der Waals surface area (Å²) in [4.78, 5) is 17.9. The Morgan fingerprint density at radius 3 is 2.67 bits per heavy atom. The molecule has 148 valence electrons. The minimum atomic E-state index is -0.153. The highest BCUT2D eigenvalue weighted by Crippen LogP contribution is 2.43. The molecule has 1 aliphatic carbocycles. The summed E-state index contributed by atoms with van der Waals surface area (Å²) in [6.45, 7) is 8.13. The van der Waals surface area contributed by atoms with E-state index < -0.39 is 0 Å². The Hall–Kier alpha value is -1.43. The van der Waals surface area contributed by atoms with Gasteiger partial charge >= 0.3 is 0 Å². The van der Waals surface area contributed by atoms with Gasteiger partial charge in [-0.2, -0.15) is 0 Å². The van der Waals surface area contributed by atoms with E-state index in [2.05, 4.69) is 51.7 Å². The number of hydrogen-bond donors (Lipinski definition) is 2. The number of rotatable bonds is 5. The van der Waals surface area contributed by atoms with E-state index >= 15 is 0 Å². The van der Waals surface area contributed by atoms with Gasteiger partial charge in [-0.25, -0.2) is 0 Å². The van der Waals surface area contributed by atoms with Crippen molar-refractivity contribution >= 4 is 5.91 Å². The van der Waals surface area contributed by atoms with Gasteiger partial charge in [-0.3, -0.25) is 9.69 Å². The molecule has 1 amide bonds. The molecule has 2 heterocycles. The fourth-order valence-electron chi connectivity index (χ4n) is 5.08. The van der Waals surface area contributed by atoms with Crippen LogP contribution in [-0.2, 0) is 17.9 Å². The molecule has 2 aliphatic heterocycles. The quantitative estimate of drug-likeness (QED) is 0.830. The first-order valence-corrected chi connectivity index (χ1v) is 10.6. The fourth-order valence-corrected chi connectivity index (χ4v) is 5.08. The maximum Gasteiger partial charge on any atom is 0.228 e. The van der Waals surface area contributed by atoms with Gasteiger partial charge in [-0.05, 0) is 43.5 Å². The van der Waals surface area contributed by atoms with Crippen molar-refractivity contribution in [1.82, 2.24) is 20.4 Å². The van der Waals surface area contributed by atoms with Crippen molar-refractivity contribution in [3.63, 3.8) is 0 Å². The molecule has 2 saturated heterocycles. The third kappa shape index (κ3) is 4.20. The average Bonchev–Trinajstić information content (AvgIpc) is 3.14. The van der Waals surface area contributed by atoms with Crippen LogP contribution in [0.1, 0.15) is 36.8 Å². The second-order valence-electron chi connectivity index (χ2n) is 8.81. The van der Waals surface area contributed by atoms with Crippen molar-refractivity contribution < 1.29 is 4.79 Å². The highest BCUT2D eigenvalue weighted by molar-refractivity contribution is 5.83. The lowest BCUT2D eigenvalue weighted by Crippen LogP contribution is -2.47. The van der Waals surface area contributed by atoms with Crippen LogP contribution in [0.15, 0.2) is 24.3 Å². The molecule has 0 aromatic heterocycles. The summed E-state index contributed by atoms with van der Waals surface area (Å²) in [5.74, 6) is 0.788. The largest absolute Gasteiger partial charge is 0.351 e. The van der Waals surface area contributed by atoms with Crippen molar-refractivity contribution in [2.45, 2.75) is 38.8 Å². The van der Waals surface area contributed by atoms with Crippen molar-refractivity contribution in [3.8, 4) is 0 Å². The van der Waals surface area contributed by atoms with E-state index in [1.54, 1.807) is 0 Å². The second kappa shape index (κ2) is 8.29. The summed E-state index contributed by atoms with van der Waals surface area (Å²) < 4.78 is 0. The fraction of sp³-hybridized carbons (Fsp3) is 0.682. The number of fused-ring (bicyclic) bond motifs is 1. The monoisotopic (exact) mass is 370 g/mol. The zero-order chi connectivity index (χ0) is 18.7. The normalized spacial score (nSPS) is 29.4. The number of amides is 1. The first-order valence-electron chi connectivity index (χ1n) is 10.6. The first kappa shape index (κ1) is 18.9. The van der Waals surface area contributed by atoms with Crippen molar-refractivity contribution in [2.75, 3.05) is 46.3 Å². The van der Waals surface area contributed by atoms with Crippen LogP contribution in [0.4, 0.5) is 0 Å². The van der Waals surface area contributed by atoms with Gasteiger partial charge in [-0.1, -0.05) is 37.1 Å². The van der Waals surface area contributed by atoms with E-state index in [9.17, 15) is 4.79 Å². The summed E-state index contributed by atoms with van der Waals surface area (Å²) in [6.07, 6.45) is 4.70. The van der Waals surface area contributed by atoms with Crippen LogP contribution in [0.2, 0.25) is 0 Å². The molecule has 3 aliphatic rings. The molecule has 1 aromatic carbocycles. The van der Waals surface area contributed by atoms with Gasteiger partial charge in [0.25, 0.3) is 0 Å². The van der Waals surface area contributed by atoms with Crippen LogP contribution in [0, 0.1) is 11.3 Å². The van der Waals surface area contributed by atoms with Crippen LogP contribution < -0.4 is 10.6 Å². The molecule has 1 saturated carbocycles. The minimum Gasteiger partial charge on any atom is -0.351 e. The van der Waals surface area contributed by atoms with E-state index in [0.717, 1.165) is 52.2 Å². The molecule has 1 aromatic rings. The molecule has 0 unspecified atom stereocenters. The van der Waals surface area contributed by atoms with Gasteiger partial charge in [0.1, 0.15) is 0 Å². The predicted octanol–water partition coefficient (Wildman–Crippen LogP) is 1.83. The number of carbonyl (C=O) groups is 1. The average molecular weight is 371 g/mol. The number of hydrogen-bond acceptors (Lipinski definition) is 4. The van der Waals surface area contributed by atoms with E-state index in [1.165, 1.54) is 30.4 Å². The zero-order valence-electron chi connectivity index (χ0n) is 16.7. The molecule has 0 radical (unpaired) electrons. The zero-order valence-corrected chi connectivity index (χ0v) is 16.7. The molecule has 2 N–H and O–H groups in total. The van der Waals surface area contributed by atoms with E-state index in [4.69, 9.17) is 0 Å². The third-order valence-electron chi connectivity index (χ3n) is 6.97. The Morgan fingerprint density at radius 2 is 1.89 bits per heavy atom. The van der Waals surface area contributed by atoms with E-state index in [-0.39, 0.29) is 11.3 Å². The van der Waals surface area contributed by atoms with Crippen LogP contribution in [0.5, 0.6) is 0 Å². The standard InChI is InChI=1S/C22H34N4O/c1-25-10-12-26(13-11-25)16-19-7-5-18(6-8-19)14-24-21(27)22-9-3-2-4-20(22)15-23-17-22/h5-8,20,23H,2-4,9-17H2,1H3,(H,24,27)/t20-,22+/m0/s1. The van der Waals surface area contributed by atoms with Gasteiger partial charge < -0.3 is 15.5 Å². The highest BCUT2D eigenvalue weighted by Gasteiger charge is 2.49. The third-order valence-corrected chi connectivity index (χ3v) is 6.97. The number of piperazine rings is 1. The van der Waals surface area contributed by atoms with Gasteiger partial charge in [0.05, 0.1) is 5.41 Å². The minimum absolute atomic E-state index is 0.153. The number of nitrogens with one attached hydrogen (secondary N) is 2. The maximum atomic E-state index is 13.0. The lowest BCUT2D eigenvalue weighted by molar-refractivity contribution is -0.134. The first-order chi connectivity index (χ1) is 13.2. The lowest BCUT2D eigenvalue weighted by atomic mass is 9.67. The Kier molecular flexibility index (Phi) is 5.81. The SMILES string of the molecule is CN1CCN(Cc2ccc(CNC(=O)[C@@]34CCCC[C@H]3CNC4)cc2)CC1. The second-order valence-corrected chi connectivity index (χ2v) is 8.81. The topological polar surface area (TPSA) is 47.6 Å². The van der Waals surface area contributed by atoms with Crippen LogP contribution >= 0.6 is 0 Å². The van der Waals surface area contributed by atoms with Gasteiger partial charge in [0.2, 0.25) is 5.91 Å². The van der Waals surface area contributed by atoms with Crippen molar-refractivity contribution in [3.05, 3.63) is 35.4 Å². The highest BCUT2D eigenvalue weighted by atomic mass is 16.2. The number of carbonyl (C=O) groups excluding carboxylic acids is 1. The summed E-state index contributed by atoms with van der Waals surface area (Å²) in [7, 11) is 2.19. The van der Waals surface area contributed by atoms with Crippen molar-refractivity contribution in [1.29, 1.82) is 0 Å². The molecule has 5 nitrogen and oxygen atoms in total. The summed E-state index contributed by atoms with van der Waals surface area (Å²) in [5, 5.41) is 6.71. The molecule has 4 rings (SSSR count). The van der Waals surface area contributed by atoms with Gasteiger partial charge in [-0.15, -0.1) is 0 Å². The Bertz CT molecular complexity index is 638. The van der Waals surface area contributed by atoms with Gasteiger partial charge in [0.15, 0.2) is 0 Å². The van der Waals surface area contributed by atoms with Gasteiger partial charge in [0, 0.05) is 45.8 Å². The summed E-state index contributed by atoms with van der Waals surface area (Å²) in [5.41, 5.74) is 2.40.